The number of hydrogen-bond donors (Lipinski definition) is 2. The standard InChI is InChI=1S/C16H22N2O3/c17-13-7-3-1-2-6-12(13)16(19)18-9-11-5-4-8-14-15(11)21-10-20-14/h4-5,8,12-13H,1-3,6-7,9-10,17H2,(H,18,19). The molecule has 2 aliphatic rings. The average Bonchev–Trinajstić information content (AvgIpc) is 2.87. The van der Waals surface area contributed by atoms with Crippen molar-refractivity contribution in [2.75, 3.05) is 6.79 Å². The van der Waals surface area contributed by atoms with Crippen molar-refractivity contribution in [3.05, 3.63) is 23.8 Å². The van der Waals surface area contributed by atoms with E-state index in [-0.39, 0.29) is 24.7 Å². The highest BCUT2D eigenvalue weighted by Gasteiger charge is 2.27. The van der Waals surface area contributed by atoms with Crippen molar-refractivity contribution in [3.63, 3.8) is 0 Å². The maximum atomic E-state index is 12.4. The highest BCUT2D eigenvalue weighted by molar-refractivity contribution is 5.79. The monoisotopic (exact) mass is 290 g/mol. The highest BCUT2D eigenvalue weighted by atomic mass is 16.7. The Morgan fingerprint density at radius 2 is 2.10 bits per heavy atom. The van der Waals surface area contributed by atoms with Crippen LogP contribution in [0.2, 0.25) is 0 Å². The maximum absolute atomic E-state index is 12.4. The van der Waals surface area contributed by atoms with E-state index in [1.165, 1.54) is 6.42 Å². The van der Waals surface area contributed by atoms with Crippen molar-refractivity contribution >= 4 is 5.91 Å². The molecule has 0 aromatic heterocycles. The van der Waals surface area contributed by atoms with Crippen LogP contribution in [0.3, 0.4) is 0 Å². The van der Waals surface area contributed by atoms with E-state index in [1.807, 2.05) is 18.2 Å². The first kappa shape index (κ1) is 14.2. The molecule has 1 aromatic rings. The molecule has 1 aliphatic heterocycles. The fourth-order valence-corrected chi connectivity index (χ4v) is 3.11. The molecule has 0 saturated heterocycles. The van der Waals surface area contributed by atoms with Crippen LogP contribution in [0.4, 0.5) is 0 Å². The van der Waals surface area contributed by atoms with Gasteiger partial charge in [-0.25, -0.2) is 0 Å². The lowest BCUT2D eigenvalue weighted by molar-refractivity contribution is -0.126. The summed E-state index contributed by atoms with van der Waals surface area (Å²) < 4.78 is 10.8. The van der Waals surface area contributed by atoms with Crippen LogP contribution in [0, 0.1) is 5.92 Å². The Bertz CT molecular complexity index is 518. The van der Waals surface area contributed by atoms with Gasteiger partial charge in [-0.3, -0.25) is 4.79 Å². The van der Waals surface area contributed by atoms with Gasteiger partial charge < -0.3 is 20.5 Å². The first-order valence-corrected chi connectivity index (χ1v) is 7.66. The number of nitrogens with one attached hydrogen (secondary N) is 1. The summed E-state index contributed by atoms with van der Waals surface area (Å²) in [6.45, 7) is 0.697. The van der Waals surface area contributed by atoms with Crippen molar-refractivity contribution in [1.82, 2.24) is 5.32 Å². The van der Waals surface area contributed by atoms with Crippen molar-refractivity contribution in [3.8, 4) is 11.5 Å². The molecule has 1 saturated carbocycles. The number of rotatable bonds is 3. The fourth-order valence-electron chi connectivity index (χ4n) is 3.11. The molecule has 3 N–H and O–H groups in total. The molecule has 5 heteroatoms. The van der Waals surface area contributed by atoms with Gasteiger partial charge in [-0.15, -0.1) is 0 Å². The zero-order valence-electron chi connectivity index (χ0n) is 12.1. The van der Waals surface area contributed by atoms with E-state index in [4.69, 9.17) is 15.2 Å². The fraction of sp³-hybridized carbons (Fsp3) is 0.562. The lowest BCUT2D eigenvalue weighted by Gasteiger charge is -2.20. The van der Waals surface area contributed by atoms with Gasteiger partial charge in [0.1, 0.15) is 0 Å². The van der Waals surface area contributed by atoms with E-state index in [0.717, 1.165) is 42.7 Å². The van der Waals surface area contributed by atoms with Crippen LogP contribution in [-0.2, 0) is 11.3 Å². The van der Waals surface area contributed by atoms with Crippen LogP contribution in [-0.4, -0.2) is 18.7 Å². The molecule has 114 valence electrons. The third-order valence-corrected chi connectivity index (χ3v) is 4.34. The van der Waals surface area contributed by atoms with E-state index in [9.17, 15) is 4.79 Å². The number of hydrogen-bond acceptors (Lipinski definition) is 4. The molecule has 0 radical (unpaired) electrons. The third kappa shape index (κ3) is 3.13. The Kier molecular flexibility index (Phi) is 4.29. The topological polar surface area (TPSA) is 73.6 Å². The summed E-state index contributed by atoms with van der Waals surface area (Å²) >= 11 is 0. The van der Waals surface area contributed by atoms with Crippen molar-refractivity contribution in [1.29, 1.82) is 0 Å². The Hall–Kier alpha value is -1.75. The summed E-state index contributed by atoms with van der Waals surface area (Å²) in [7, 11) is 0. The minimum atomic E-state index is -0.0681. The van der Waals surface area contributed by atoms with Crippen LogP contribution in [0.1, 0.15) is 37.7 Å². The number of carbonyl (C=O) groups is 1. The van der Waals surface area contributed by atoms with Gasteiger partial charge in [0, 0.05) is 18.2 Å². The van der Waals surface area contributed by atoms with Crippen LogP contribution < -0.4 is 20.5 Å². The molecule has 1 amide bonds. The molecule has 2 atom stereocenters. The molecule has 0 spiro atoms. The molecule has 21 heavy (non-hydrogen) atoms. The Labute approximate surface area is 124 Å². The quantitative estimate of drug-likeness (QED) is 0.834. The minimum absolute atomic E-state index is 0.0198. The molecule has 1 aliphatic carbocycles. The van der Waals surface area contributed by atoms with Gasteiger partial charge in [0.15, 0.2) is 11.5 Å². The number of carbonyl (C=O) groups excluding carboxylic acids is 1. The maximum Gasteiger partial charge on any atom is 0.231 e. The van der Waals surface area contributed by atoms with Gasteiger partial charge >= 0.3 is 0 Å². The first-order chi connectivity index (χ1) is 10.3. The number of fused-ring (bicyclic) bond motifs is 1. The molecule has 5 nitrogen and oxygen atoms in total. The van der Waals surface area contributed by atoms with Crippen molar-refractivity contribution < 1.29 is 14.3 Å². The predicted octanol–water partition coefficient (Wildman–Crippen LogP) is 1.94. The predicted molar refractivity (Wildman–Crippen MR) is 79.0 cm³/mol. The Morgan fingerprint density at radius 1 is 1.24 bits per heavy atom. The smallest absolute Gasteiger partial charge is 0.231 e. The average molecular weight is 290 g/mol. The lowest BCUT2D eigenvalue weighted by Crippen LogP contribution is -2.41. The van der Waals surface area contributed by atoms with Gasteiger partial charge in [0.2, 0.25) is 12.7 Å². The second-order valence-corrected chi connectivity index (χ2v) is 5.78. The van der Waals surface area contributed by atoms with E-state index in [1.54, 1.807) is 0 Å². The number of para-hydroxylation sites is 1. The Balaban J connectivity index is 1.62. The van der Waals surface area contributed by atoms with Crippen molar-refractivity contribution in [2.24, 2.45) is 11.7 Å². The molecule has 3 rings (SSSR count). The van der Waals surface area contributed by atoms with E-state index in [2.05, 4.69) is 5.32 Å². The first-order valence-electron chi connectivity index (χ1n) is 7.66. The number of ether oxygens (including phenoxy) is 2. The summed E-state index contributed by atoms with van der Waals surface area (Å²) in [5, 5.41) is 3.00. The van der Waals surface area contributed by atoms with Crippen LogP contribution in [0.25, 0.3) is 0 Å². The lowest BCUT2D eigenvalue weighted by atomic mass is 9.94. The van der Waals surface area contributed by atoms with Gasteiger partial charge in [0.05, 0.1) is 5.92 Å². The highest BCUT2D eigenvalue weighted by Crippen LogP contribution is 2.35. The molecule has 2 unspecified atom stereocenters. The summed E-state index contributed by atoms with van der Waals surface area (Å²) in [6, 6.07) is 5.70. The third-order valence-electron chi connectivity index (χ3n) is 4.34. The summed E-state index contributed by atoms with van der Waals surface area (Å²) in [4.78, 5) is 12.4. The molecule has 1 fully saturated rings. The number of amides is 1. The molecular formula is C16H22N2O3. The zero-order chi connectivity index (χ0) is 14.7. The second kappa shape index (κ2) is 6.35. The summed E-state index contributed by atoms with van der Waals surface area (Å²) in [5.41, 5.74) is 7.08. The zero-order valence-corrected chi connectivity index (χ0v) is 12.1. The normalized spacial score (nSPS) is 24.4. The van der Waals surface area contributed by atoms with Crippen molar-refractivity contribution in [2.45, 2.75) is 44.7 Å². The molecule has 0 bridgehead atoms. The molecule has 1 heterocycles. The van der Waals surface area contributed by atoms with Gasteiger partial charge in [-0.1, -0.05) is 31.4 Å². The van der Waals surface area contributed by atoms with E-state index < -0.39 is 0 Å². The molecule has 1 aromatic carbocycles. The van der Waals surface area contributed by atoms with E-state index >= 15 is 0 Å². The SMILES string of the molecule is NC1CCCCCC1C(=O)NCc1cccc2c1OCO2. The van der Waals surface area contributed by atoms with Gasteiger partial charge in [0.25, 0.3) is 0 Å². The molecular weight excluding hydrogens is 268 g/mol. The number of nitrogens with two attached hydrogens (primary N) is 1. The largest absolute Gasteiger partial charge is 0.454 e. The second-order valence-electron chi connectivity index (χ2n) is 5.78. The van der Waals surface area contributed by atoms with Gasteiger partial charge in [-0.2, -0.15) is 0 Å². The Morgan fingerprint density at radius 3 is 3.00 bits per heavy atom. The van der Waals surface area contributed by atoms with Crippen LogP contribution >= 0.6 is 0 Å². The van der Waals surface area contributed by atoms with Crippen LogP contribution in [0.5, 0.6) is 11.5 Å². The van der Waals surface area contributed by atoms with Crippen LogP contribution in [0.15, 0.2) is 18.2 Å². The minimum Gasteiger partial charge on any atom is -0.454 e. The number of benzene rings is 1. The van der Waals surface area contributed by atoms with Gasteiger partial charge in [-0.05, 0) is 18.9 Å². The summed E-state index contributed by atoms with van der Waals surface area (Å²) in [6.07, 6.45) is 5.22. The summed E-state index contributed by atoms with van der Waals surface area (Å²) in [5.74, 6) is 1.47. The van der Waals surface area contributed by atoms with E-state index in [0.29, 0.717) is 6.54 Å².